The summed E-state index contributed by atoms with van der Waals surface area (Å²) in [5, 5.41) is 10.2. The summed E-state index contributed by atoms with van der Waals surface area (Å²) in [5.41, 5.74) is 2.99. The van der Waals surface area contributed by atoms with Crippen molar-refractivity contribution in [2.75, 3.05) is 27.2 Å². The number of likely N-dealkylation sites (N-methyl/N-ethyl adjacent to an activating group) is 1. The van der Waals surface area contributed by atoms with Gasteiger partial charge >= 0.3 is 0 Å². The van der Waals surface area contributed by atoms with E-state index in [1.807, 2.05) is 18.2 Å². The lowest BCUT2D eigenvalue weighted by molar-refractivity contribution is 0.0558. The van der Waals surface area contributed by atoms with Crippen LogP contribution in [0.3, 0.4) is 0 Å². The van der Waals surface area contributed by atoms with Crippen LogP contribution in [0.1, 0.15) is 39.7 Å². The molecule has 1 aromatic rings. The summed E-state index contributed by atoms with van der Waals surface area (Å²) in [6.45, 7) is 10.4. The SMILES string of the molecule is CN(C)[C@H]1CCN(C2=CC(C)(c3ccccc3)C(C#N)=C3OC(C(C)(C)C)N=C23)C1. The summed E-state index contributed by atoms with van der Waals surface area (Å²) in [4.78, 5) is 9.71. The number of likely N-dealkylation sites (tertiary alicyclic amines) is 1. The van der Waals surface area contributed by atoms with Gasteiger partial charge in [-0.2, -0.15) is 5.26 Å². The van der Waals surface area contributed by atoms with Crippen LogP contribution in [0.5, 0.6) is 0 Å². The molecule has 0 N–H and O–H groups in total. The Labute approximate surface area is 180 Å². The lowest BCUT2D eigenvalue weighted by Crippen LogP contribution is -2.37. The Hall–Kier alpha value is -2.58. The van der Waals surface area contributed by atoms with Crippen molar-refractivity contribution in [2.45, 2.75) is 51.8 Å². The summed E-state index contributed by atoms with van der Waals surface area (Å²) in [6.07, 6.45) is 3.07. The predicted octanol–water partition coefficient (Wildman–Crippen LogP) is 4.10. The van der Waals surface area contributed by atoms with Crippen LogP contribution in [0.4, 0.5) is 0 Å². The van der Waals surface area contributed by atoms with E-state index < -0.39 is 5.41 Å². The molecule has 2 unspecified atom stereocenters. The lowest BCUT2D eigenvalue weighted by Gasteiger charge is -2.35. The van der Waals surface area contributed by atoms with Gasteiger partial charge in [0.05, 0.1) is 22.8 Å². The van der Waals surface area contributed by atoms with Crippen LogP contribution < -0.4 is 0 Å². The molecule has 2 heterocycles. The molecule has 158 valence electrons. The van der Waals surface area contributed by atoms with E-state index >= 15 is 0 Å². The highest BCUT2D eigenvalue weighted by molar-refractivity contribution is 6.14. The molecule has 30 heavy (non-hydrogen) atoms. The highest BCUT2D eigenvalue weighted by Gasteiger charge is 2.46. The third kappa shape index (κ3) is 3.33. The van der Waals surface area contributed by atoms with Gasteiger partial charge in [-0.3, -0.25) is 0 Å². The number of aliphatic imine (C=N–C) groups is 1. The zero-order valence-corrected chi connectivity index (χ0v) is 18.9. The highest BCUT2D eigenvalue weighted by atomic mass is 16.5. The molecule has 5 heteroatoms. The van der Waals surface area contributed by atoms with Crippen LogP contribution in [-0.2, 0) is 10.2 Å². The van der Waals surface area contributed by atoms with Crippen LogP contribution in [0.15, 0.2) is 58.4 Å². The Morgan fingerprint density at radius 3 is 2.50 bits per heavy atom. The molecule has 2 aliphatic heterocycles. The molecule has 4 rings (SSSR count). The second kappa shape index (κ2) is 7.28. The predicted molar refractivity (Wildman–Crippen MR) is 120 cm³/mol. The average molecular weight is 405 g/mol. The van der Waals surface area contributed by atoms with Crippen LogP contribution in [-0.4, -0.2) is 55.0 Å². The van der Waals surface area contributed by atoms with Crippen LogP contribution in [0.25, 0.3) is 0 Å². The summed E-state index contributed by atoms with van der Waals surface area (Å²) in [7, 11) is 4.28. The molecule has 1 saturated heterocycles. The first-order chi connectivity index (χ1) is 14.1. The largest absolute Gasteiger partial charge is 0.465 e. The summed E-state index contributed by atoms with van der Waals surface area (Å²) < 4.78 is 6.39. The van der Waals surface area contributed by atoms with E-state index in [-0.39, 0.29) is 11.6 Å². The zero-order valence-electron chi connectivity index (χ0n) is 18.9. The number of allylic oxidation sites excluding steroid dienone is 2. The lowest BCUT2D eigenvalue weighted by atomic mass is 9.71. The number of hydrogen-bond donors (Lipinski definition) is 0. The normalized spacial score (nSPS) is 28.8. The average Bonchev–Trinajstić information content (AvgIpc) is 3.36. The molecule has 3 atom stereocenters. The van der Waals surface area contributed by atoms with Crippen LogP contribution in [0, 0.1) is 16.7 Å². The van der Waals surface area contributed by atoms with Crippen molar-refractivity contribution in [1.82, 2.24) is 9.80 Å². The summed E-state index contributed by atoms with van der Waals surface area (Å²) in [6, 6.07) is 13.3. The maximum absolute atomic E-state index is 10.2. The molecule has 0 spiro atoms. The first-order valence-electron chi connectivity index (χ1n) is 10.7. The number of rotatable bonds is 3. The molecule has 0 aromatic heterocycles. The molecule has 0 amide bonds. The highest BCUT2D eigenvalue weighted by Crippen LogP contribution is 2.46. The number of hydrogen-bond acceptors (Lipinski definition) is 5. The molecule has 0 radical (unpaired) electrons. The Morgan fingerprint density at radius 2 is 1.93 bits per heavy atom. The fraction of sp³-hybridized carbons (Fsp3) is 0.520. The van der Waals surface area contributed by atoms with Crippen molar-refractivity contribution in [3.8, 4) is 6.07 Å². The van der Waals surface area contributed by atoms with Gasteiger partial charge in [-0.15, -0.1) is 0 Å². The smallest absolute Gasteiger partial charge is 0.195 e. The van der Waals surface area contributed by atoms with E-state index in [1.165, 1.54) is 0 Å². The number of nitriles is 1. The van der Waals surface area contributed by atoms with Crippen molar-refractivity contribution in [3.63, 3.8) is 0 Å². The topological polar surface area (TPSA) is 51.9 Å². The Kier molecular flexibility index (Phi) is 5.02. The second-order valence-corrected chi connectivity index (χ2v) is 10.1. The second-order valence-electron chi connectivity index (χ2n) is 10.1. The molecule has 3 aliphatic rings. The van der Waals surface area contributed by atoms with Gasteiger partial charge in [0, 0.05) is 24.5 Å². The van der Waals surface area contributed by atoms with E-state index in [2.05, 4.69) is 75.9 Å². The Balaban J connectivity index is 1.86. The quantitative estimate of drug-likeness (QED) is 0.761. The molecule has 1 aliphatic carbocycles. The zero-order chi connectivity index (χ0) is 21.7. The maximum atomic E-state index is 10.2. The van der Waals surface area contributed by atoms with Gasteiger partial charge in [0.1, 0.15) is 5.71 Å². The molecular formula is C25H32N4O. The fourth-order valence-electron chi connectivity index (χ4n) is 4.55. The van der Waals surface area contributed by atoms with Gasteiger partial charge < -0.3 is 14.5 Å². The third-order valence-electron chi connectivity index (χ3n) is 6.57. The van der Waals surface area contributed by atoms with E-state index in [1.54, 1.807) is 0 Å². The van der Waals surface area contributed by atoms with Crippen molar-refractivity contribution < 1.29 is 4.74 Å². The minimum atomic E-state index is -0.553. The van der Waals surface area contributed by atoms with Crippen molar-refractivity contribution >= 4 is 5.71 Å². The van der Waals surface area contributed by atoms with Crippen LogP contribution >= 0.6 is 0 Å². The Morgan fingerprint density at radius 1 is 1.23 bits per heavy atom. The molecule has 1 fully saturated rings. The van der Waals surface area contributed by atoms with Crippen molar-refractivity contribution in [3.05, 3.63) is 59.0 Å². The summed E-state index contributed by atoms with van der Waals surface area (Å²) >= 11 is 0. The van der Waals surface area contributed by atoms with Crippen LogP contribution in [0.2, 0.25) is 0 Å². The molecular weight excluding hydrogens is 372 g/mol. The van der Waals surface area contributed by atoms with Gasteiger partial charge in [0.25, 0.3) is 0 Å². The van der Waals surface area contributed by atoms with E-state index in [4.69, 9.17) is 9.73 Å². The van der Waals surface area contributed by atoms with Crippen molar-refractivity contribution in [2.24, 2.45) is 10.4 Å². The third-order valence-corrected chi connectivity index (χ3v) is 6.57. The van der Waals surface area contributed by atoms with Crippen molar-refractivity contribution in [1.29, 1.82) is 5.26 Å². The first-order valence-corrected chi connectivity index (χ1v) is 10.7. The number of nitrogens with zero attached hydrogens (tertiary/aromatic N) is 4. The van der Waals surface area contributed by atoms with E-state index in [0.29, 0.717) is 17.4 Å². The standard InChI is InChI=1S/C25H32N4O/c1-24(2,3)23-27-21-20(29-13-12-18(16-29)28(5)6)14-25(4,17-10-8-7-9-11-17)19(15-26)22(21)30-23/h7-11,14,18,23H,12-13,16H2,1-6H3/t18-,23?,25?/m0/s1. The minimum absolute atomic E-state index is 0.149. The van der Waals surface area contributed by atoms with E-state index in [0.717, 1.165) is 36.5 Å². The fourth-order valence-corrected chi connectivity index (χ4v) is 4.55. The maximum Gasteiger partial charge on any atom is 0.195 e. The van der Waals surface area contributed by atoms with Gasteiger partial charge in [-0.25, -0.2) is 4.99 Å². The first kappa shape index (κ1) is 20.7. The number of benzene rings is 1. The molecule has 0 saturated carbocycles. The van der Waals surface area contributed by atoms with E-state index in [9.17, 15) is 5.26 Å². The van der Waals surface area contributed by atoms with Gasteiger partial charge in [-0.05, 0) is 39.1 Å². The van der Waals surface area contributed by atoms with Gasteiger partial charge in [-0.1, -0.05) is 51.1 Å². The van der Waals surface area contributed by atoms with Gasteiger partial charge in [0.15, 0.2) is 12.0 Å². The molecule has 0 bridgehead atoms. The molecule has 1 aromatic carbocycles. The minimum Gasteiger partial charge on any atom is -0.465 e. The Bertz CT molecular complexity index is 961. The molecule has 5 nitrogen and oxygen atoms in total. The number of ether oxygens (including phenoxy) is 1. The monoisotopic (exact) mass is 404 g/mol. The number of fused-ring (bicyclic) bond motifs is 1. The van der Waals surface area contributed by atoms with Gasteiger partial charge in [0.2, 0.25) is 0 Å². The summed E-state index contributed by atoms with van der Waals surface area (Å²) in [5.74, 6) is 0.662.